The van der Waals surface area contributed by atoms with Crippen molar-refractivity contribution < 1.29 is 22.6 Å². The summed E-state index contributed by atoms with van der Waals surface area (Å²) in [5.74, 6) is 0.577. The third-order valence-electron chi connectivity index (χ3n) is 4.82. The van der Waals surface area contributed by atoms with E-state index in [9.17, 15) is 13.2 Å². The molecule has 9 heteroatoms. The van der Waals surface area contributed by atoms with Gasteiger partial charge in [0.15, 0.2) is 5.96 Å². The lowest BCUT2D eigenvalue weighted by Crippen LogP contribution is -2.40. The Balaban J connectivity index is 0.00000341. The smallest absolute Gasteiger partial charge is 0.405 e. The molecule has 5 nitrogen and oxygen atoms in total. The number of ether oxygens (including phenoxy) is 2. The average molecular weight is 549 g/mol. The zero-order valence-electron chi connectivity index (χ0n) is 17.2. The molecular weight excluding hydrogens is 522 g/mol. The van der Waals surface area contributed by atoms with Crippen molar-refractivity contribution in [3.05, 3.63) is 65.7 Å². The van der Waals surface area contributed by atoms with Crippen LogP contribution in [0.1, 0.15) is 30.6 Å². The molecule has 0 aliphatic carbocycles. The van der Waals surface area contributed by atoms with Crippen molar-refractivity contribution >= 4 is 29.9 Å². The standard InChI is InChI=1S/C22H26F3N3O2.HI/c1-2-26-21(27-14-17-10-6-7-11-19(17)30-22(23,24)25)28-15-18-12-13-29-20(18)16-8-4-3-5-9-16;/h3-11,18,20H,2,12-15H2,1H3,(H2,26,27,28);1H. The van der Waals surface area contributed by atoms with Gasteiger partial charge in [0.2, 0.25) is 0 Å². The van der Waals surface area contributed by atoms with Crippen molar-refractivity contribution in [1.29, 1.82) is 0 Å². The maximum atomic E-state index is 12.6. The maximum absolute atomic E-state index is 12.6. The molecule has 1 saturated heterocycles. The second-order valence-electron chi connectivity index (χ2n) is 6.98. The van der Waals surface area contributed by atoms with Gasteiger partial charge in [-0.25, -0.2) is 4.99 Å². The number of guanidine groups is 1. The minimum atomic E-state index is -4.74. The lowest BCUT2D eigenvalue weighted by molar-refractivity contribution is -0.274. The van der Waals surface area contributed by atoms with Crippen LogP contribution < -0.4 is 15.4 Å². The summed E-state index contributed by atoms with van der Waals surface area (Å²) in [5, 5.41) is 6.43. The molecule has 2 atom stereocenters. The lowest BCUT2D eigenvalue weighted by atomic mass is 9.95. The van der Waals surface area contributed by atoms with Crippen LogP contribution in [0.25, 0.3) is 0 Å². The Morgan fingerprint density at radius 1 is 1.10 bits per heavy atom. The van der Waals surface area contributed by atoms with Crippen LogP contribution in [0.4, 0.5) is 13.2 Å². The van der Waals surface area contributed by atoms with Gasteiger partial charge in [0.1, 0.15) is 5.75 Å². The second kappa shape index (κ2) is 12.1. The number of alkyl halides is 3. The van der Waals surface area contributed by atoms with E-state index in [2.05, 4.69) is 32.5 Å². The molecule has 0 aromatic heterocycles. The minimum Gasteiger partial charge on any atom is -0.405 e. The van der Waals surface area contributed by atoms with E-state index in [0.717, 1.165) is 12.0 Å². The molecule has 1 aliphatic heterocycles. The van der Waals surface area contributed by atoms with Gasteiger partial charge < -0.3 is 20.1 Å². The maximum Gasteiger partial charge on any atom is 0.573 e. The summed E-state index contributed by atoms with van der Waals surface area (Å²) in [6.07, 6.45) is -3.80. The van der Waals surface area contributed by atoms with Crippen molar-refractivity contribution in [2.24, 2.45) is 10.9 Å². The van der Waals surface area contributed by atoms with Crippen LogP contribution in [-0.2, 0) is 11.3 Å². The van der Waals surface area contributed by atoms with E-state index < -0.39 is 6.36 Å². The number of rotatable bonds is 7. The fraction of sp³-hybridized carbons (Fsp3) is 0.409. The number of nitrogens with zero attached hydrogens (tertiary/aromatic N) is 1. The Hall–Kier alpha value is -2.01. The third kappa shape index (κ3) is 7.88. The number of aliphatic imine (C=N–C) groups is 1. The van der Waals surface area contributed by atoms with Crippen molar-refractivity contribution in [3.63, 3.8) is 0 Å². The van der Waals surface area contributed by atoms with Gasteiger partial charge in [-0.05, 0) is 25.0 Å². The fourth-order valence-electron chi connectivity index (χ4n) is 3.45. The molecule has 1 fully saturated rings. The highest BCUT2D eigenvalue weighted by molar-refractivity contribution is 14.0. The van der Waals surface area contributed by atoms with Crippen LogP contribution in [0.5, 0.6) is 5.75 Å². The monoisotopic (exact) mass is 549 g/mol. The number of para-hydroxylation sites is 1. The molecule has 2 unspecified atom stereocenters. The first kappa shape index (κ1) is 25.3. The zero-order chi connectivity index (χ0) is 21.4. The SMILES string of the molecule is CCNC(=NCc1ccccc1OC(F)(F)F)NCC1CCOC1c1ccccc1.I. The molecule has 3 rings (SSSR count). The molecule has 0 bridgehead atoms. The summed E-state index contributed by atoms with van der Waals surface area (Å²) in [6, 6.07) is 16.1. The predicted octanol–water partition coefficient (Wildman–Crippen LogP) is 5.04. The van der Waals surface area contributed by atoms with Gasteiger partial charge in [0.05, 0.1) is 12.6 Å². The van der Waals surface area contributed by atoms with Crippen molar-refractivity contribution in [3.8, 4) is 5.75 Å². The van der Waals surface area contributed by atoms with E-state index in [0.29, 0.717) is 31.2 Å². The average Bonchev–Trinajstić information content (AvgIpc) is 3.19. The molecule has 0 saturated carbocycles. The Kier molecular flexibility index (Phi) is 9.89. The summed E-state index contributed by atoms with van der Waals surface area (Å²) >= 11 is 0. The quantitative estimate of drug-likeness (QED) is 0.289. The summed E-state index contributed by atoms with van der Waals surface area (Å²) < 4.78 is 47.9. The topological polar surface area (TPSA) is 54.9 Å². The van der Waals surface area contributed by atoms with Crippen LogP contribution in [0.2, 0.25) is 0 Å². The van der Waals surface area contributed by atoms with Crippen molar-refractivity contribution in [2.45, 2.75) is 32.4 Å². The summed E-state index contributed by atoms with van der Waals surface area (Å²) in [5.41, 5.74) is 1.50. The second-order valence-corrected chi connectivity index (χ2v) is 6.98. The van der Waals surface area contributed by atoms with Gasteiger partial charge in [0, 0.05) is 31.2 Å². The van der Waals surface area contributed by atoms with Crippen molar-refractivity contribution in [1.82, 2.24) is 10.6 Å². The van der Waals surface area contributed by atoms with Gasteiger partial charge in [-0.3, -0.25) is 0 Å². The van der Waals surface area contributed by atoms with Crippen LogP contribution >= 0.6 is 24.0 Å². The number of halogens is 4. The van der Waals surface area contributed by atoms with E-state index in [4.69, 9.17) is 4.74 Å². The van der Waals surface area contributed by atoms with E-state index in [1.807, 2.05) is 25.1 Å². The van der Waals surface area contributed by atoms with Crippen molar-refractivity contribution in [2.75, 3.05) is 19.7 Å². The van der Waals surface area contributed by atoms with Crippen LogP contribution in [0.15, 0.2) is 59.6 Å². The molecule has 2 N–H and O–H groups in total. The first-order chi connectivity index (χ1) is 14.5. The van der Waals surface area contributed by atoms with E-state index in [1.54, 1.807) is 12.1 Å². The van der Waals surface area contributed by atoms with E-state index in [1.165, 1.54) is 12.1 Å². The fourth-order valence-corrected chi connectivity index (χ4v) is 3.45. The molecule has 1 heterocycles. The van der Waals surface area contributed by atoms with Crippen LogP contribution in [-0.4, -0.2) is 32.0 Å². The lowest BCUT2D eigenvalue weighted by Gasteiger charge is -2.21. The first-order valence-electron chi connectivity index (χ1n) is 9.98. The van der Waals surface area contributed by atoms with Crippen LogP contribution in [0, 0.1) is 5.92 Å². The Morgan fingerprint density at radius 2 is 1.81 bits per heavy atom. The predicted molar refractivity (Wildman–Crippen MR) is 125 cm³/mol. The van der Waals surface area contributed by atoms with Gasteiger partial charge in [-0.15, -0.1) is 37.1 Å². The highest BCUT2D eigenvalue weighted by Crippen LogP contribution is 2.34. The Labute approximate surface area is 197 Å². The third-order valence-corrected chi connectivity index (χ3v) is 4.82. The molecule has 1 aliphatic rings. The van der Waals surface area contributed by atoms with Gasteiger partial charge in [0.25, 0.3) is 0 Å². The van der Waals surface area contributed by atoms with Gasteiger partial charge in [-0.1, -0.05) is 48.5 Å². The summed E-state index contributed by atoms with van der Waals surface area (Å²) in [4.78, 5) is 4.44. The first-order valence-corrected chi connectivity index (χ1v) is 9.98. The summed E-state index contributed by atoms with van der Waals surface area (Å²) in [7, 11) is 0. The number of hydrogen-bond acceptors (Lipinski definition) is 3. The zero-order valence-corrected chi connectivity index (χ0v) is 19.5. The van der Waals surface area contributed by atoms with Crippen LogP contribution in [0.3, 0.4) is 0 Å². The van der Waals surface area contributed by atoms with E-state index in [-0.39, 0.29) is 48.3 Å². The molecule has 2 aromatic carbocycles. The molecule has 2 aromatic rings. The molecule has 170 valence electrons. The van der Waals surface area contributed by atoms with Gasteiger partial charge in [-0.2, -0.15) is 0 Å². The Morgan fingerprint density at radius 3 is 2.52 bits per heavy atom. The number of hydrogen-bond donors (Lipinski definition) is 2. The molecule has 0 spiro atoms. The number of nitrogens with one attached hydrogen (secondary N) is 2. The molecule has 31 heavy (non-hydrogen) atoms. The minimum absolute atomic E-state index is 0. The number of benzene rings is 2. The molecule has 0 amide bonds. The Bertz CT molecular complexity index is 834. The highest BCUT2D eigenvalue weighted by Gasteiger charge is 2.32. The highest BCUT2D eigenvalue weighted by atomic mass is 127. The molecule has 0 radical (unpaired) electrons. The largest absolute Gasteiger partial charge is 0.573 e. The van der Waals surface area contributed by atoms with Gasteiger partial charge >= 0.3 is 6.36 Å². The summed E-state index contributed by atoms with van der Waals surface area (Å²) in [6.45, 7) is 3.97. The molecular formula is C22H27F3IN3O2. The van der Waals surface area contributed by atoms with E-state index >= 15 is 0 Å². The normalized spacial score (nSPS) is 18.9.